The highest BCUT2D eigenvalue weighted by atomic mass is 16.5. The summed E-state index contributed by atoms with van der Waals surface area (Å²) >= 11 is 0. The molecule has 0 fully saturated rings. The lowest BCUT2D eigenvalue weighted by Crippen LogP contribution is -2.37. The number of benzene rings is 7. The smallest absolute Gasteiger partial charge is 0.164 e. The molecular weight excluding hydrogens is 683 g/mol. The minimum atomic E-state index is -0.368. The molecule has 1 aromatic heterocycles. The van der Waals surface area contributed by atoms with Crippen molar-refractivity contribution < 1.29 is 4.74 Å². The molecule has 0 bridgehead atoms. The number of ether oxygens (including phenoxy) is 1. The van der Waals surface area contributed by atoms with Gasteiger partial charge >= 0.3 is 0 Å². The van der Waals surface area contributed by atoms with Crippen molar-refractivity contribution in [3.63, 3.8) is 0 Å². The Morgan fingerprint density at radius 2 is 0.821 bits per heavy atom. The first-order chi connectivity index (χ1) is 27.8. The second-order valence-electron chi connectivity index (χ2n) is 14.7. The minimum Gasteiger partial charge on any atom is -0.457 e. The summed E-state index contributed by atoms with van der Waals surface area (Å²) in [5.41, 5.74) is 12.5. The summed E-state index contributed by atoms with van der Waals surface area (Å²) < 4.78 is 6.56. The maximum Gasteiger partial charge on any atom is 0.164 e. The molecule has 0 radical (unpaired) electrons. The number of allylic oxidation sites excluding steroid dienone is 4. The van der Waals surface area contributed by atoms with Crippen molar-refractivity contribution in [2.45, 2.75) is 11.3 Å². The predicted octanol–water partition coefficient (Wildman–Crippen LogP) is 12.5. The Kier molecular flexibility index (Phi) is 7.49. The van der Waals surface area contributed by atoms with Crippen LogP contribution in [0.4, 0.5) is 0 Å². The Bertz CT molecular complexity index is 2720. The van der Waals surface area contributed by atoms with Gasteiger partial charge in [0.1, 0.15) is 11.5 Å². The lowest BCUT2D eigenvalue weighted by Gasteiger charge is -2.43. The van der Waals surface area contributed by atoms with Gasteiger partial charge in [-0.15, -0.1) is 0 Å². The van der Waals surface area contributed by atoms with Gasteiger partial charge in [-0.25, -0.2) is 15.0 Å². The van der Waals surface area contributed by atoms with E-state index in [4.69, 9.17) is 19.7 Å². The van der Waals surface area contributed by atoms with Crippen LogP contribution in [0.25, 0.3) is 56.4 Å². The molecule has 4 nitrogen and oxygen atoms in total. The molecule has 0 N–H and O–H groups in total. The van der Waals surface area contributed by atoms with Crippen LogP contribution in [-0.2, 0) is 5.41 Å². The van der Waals surface area contributed by atoms with Gasteiger partial charge in [0.05, 0.1) is 5.41 Å². The molecule has 0 saturated carbocycles. The summed E-state index contributed by atoms with van der Waals surface area (Å²) in [6.45, 7) is 0. The summed E-state index contributed by atoms with van der Waals surface area (Å²) in [5, 5.41) is 0. The molecule has 8 aromatic rings. The Balaban J connectivity index is 0.964. The zero-order valence-electron chi connectivity index (χ0n) is 30.5. The molecule has 7 aromatic carbocycles. The third-order valence-electron chi connectivity index (χ3n) is 11.7. The van der Waals surface area contributed by atoms with E-state index in [1.165, 1.54) is 33.4 Å². The SMILES string of the molecule is C1=CC2c3c(-c4ccc(-c5ccc(-c6nc(-c7ccccc7)nc(-c7ccccc7)n6)cc5)cc4)cccc3C3(c4ccccc4Oc4ccccc43)C2C=C1. The molecule has 0 amide bonds. The molecule has 2 unspecified atom stereocenters. The van der Waals surface area contributed by atoms with Crippen LogP contribution >= 0.6 is 0 Å². The fourth-order valence-electron chi connectivity index (χ4n) is 9.26. The maximum atomic E-state index is 6.56. The molecule has 11 rings (SSSR count). The van der Waals surface area contributed by atoms with Gasteiger partial charge in [-0.2, -0.15) is 0 Å². The van der Waals surface area contributed by atoms with E-state index in [9.17, 15) is 0 Å². The number of hydrogen-bond acceptors (Lipinski definition) is 4. The van der Waals surface area contributed by atoms with Gasteiger partial charge in [-0.05, 0) is 45.5 Å². The molecule has 3 aliphatic rings. The van der Waals surface area contributed by atoms with Gasteiger partial charge in [0.25, 0.3) is 0 Å². The number of rotatable bonds is 5. The highest BCUT2D eigenvalue weighted by Gasteiger charge is 2.57. The molecule has 2 heterocycles. The number of fused-ring (bicyclic) bond motifs is 9. The van der Waals surface area contributed by atoms with Gasteiger partial charge < -0.3 is 4.74 Å². The predicted molar refractivity (Wildman–Crippen MR) is 224 cm³/mol. The molecule has 2 atom stereocenters. The van der Waals surface area contributed by atoms with E-state index in [2.05, 4.69) is 140 Å². The Labute approximate surface area is 326 Å². The van der Waals surface area contributed by atoms with E-state index in [0.29, 0.717) is 17.5 Å². The number of hydrogen-bond donors (Lipinski definition) is 0. The van der Waals surface area contributed by atoms with Crippen LogP contribution in [0.1, 0.15) is 28.2 Å². The first-order valence-corrected chi connectivity index (χ1v) is 19.2. The monoisotopic (exact) mass is 717 g/mol. The van der Waals surface area contributed by atoms with E-state index in [0.717, 1.165) is 39.3 Å². The Hall–Kier alpha value is -7.17. The van der Waals surface area contributed by atoms with Crippen LogP contribution in [0.2, 0.25) is 0 Å². The van der Waals surface area contributed by atoms with Gasteiger partial charge in [0, 0.05) is 39.7 Å². The Morgan fingerprint density at radius 3 is 1.39 bits per heavy atom. The lowest BCUT2D eigenvalue weighted by molar-refractivity contribution is 0.374. The van der Waals surface area contributed by atoms with E-state index < -0.39 is 0 Å². The standard InChI is InChI=1S/C52H35N3O/c1-3-14-37(15-4-1)49-53-50(38-16-5-2-6-17-38)55-51(54-49)39-32-28-35(29-33-39)34-26-30-36(31-27-34)40-19-13-23-45-48(40)41-18-7-8-20-42(41)52(45)43-21-9-11-24-46(43)56-47-25-12-10-22-44(47)52/h1-33,41-42H. The van der Waals surface area contributed by atoms with Crippen molar-refractivity contribution in [1.82, 2.24) is 15.0 Å². The van der Waals surface area contributed by atoms with Crippen LogP contribution in [0, 0.1) is 5.92 Å². The molecule has 2 aliphatic carbocycles. The van der Waals surface area contributed by atoms with Gasteiger partial charge in [-0.1, -0.05) is 188 Å². The van der Waals surface area contributed by atoms with Crippen molar-refractivity contribution in [1.29, 1.82) is 0 Å². The maximum absolute atomic E-state index is 6.56. The van der Waals surface area contributed by atoms with E-state index in [-0.39, 0.29) is 17.3 Å². The minimum absolute atomic E-state index is 0.213. The summed E-state index contributed by atoms with van der Waals surface area (Å²) in [6.07, 6.45) is 9.26. The van der Waals surface area contributed by atoms with Crippen LogP contribution in [0.15, 0.2) is 200 Å². The van der Waals surface area contributed by atoms with E-state index in [1.54, 1.807) is 0 Å². The molecule has 264 valence electrons. The zero-order valence-corrected chi connectivity index (χ0v) is 30.5. The fourth-order valence-corrected chi connectivity index (χ4v) is 9.26. The molecule has 0 saturated heterocycles. The first-order valence-electron chi connectivity index (χ1n) is 19.2. The highest BCUT2D eigenvalue weighted by molar-refractivity contribution is 5.80. The zero-order chi connectivity index (χ0) is 37.1. The summed E-state index contributed by atoms with van der Waals surface area (Å²) in [6, 6.07) is 61.8. The average Bonchev–Trinajstić information content (AvgIpc) is 3.58. The molecule has 56 heavy (non-hydrogen) atoms. The second kappa shape index (κ2) is 13.0. The summed E-state index contributed by atoms with van der Waals surface area (Å²) in [7, 11) is 0. The van der Waals surface area contributed by atoms with Crippen molar-refractivity contribution >= 4 is 0 Å². The quantitative estimate of drug-likeness (QED) is 0.178. The van der Waals surface area contributed by atoms with E-state index in [1.807, 2.05) is 60.7 Å². The third kappa shape index (κ3) is 5.03. The topological polar surface area (TPSA) is 47.9 Å². The van der Waals surface area contributed by atoms with Gasteiger partial charge in [0.15, 0.2) is 17.5 Å². The van der Waals surface area contributed by atoms with Gasteiger partial charge in [-0.3, -0.25) is 0 Å². The van der Waals surface area contributed by atoms with Gasteiger partial charge in [0.2, 0.25) is 0 Å². The average molecular weight is 718 g/mol. The van der Waals surface area contributed by atoms with Crippen LogP contribution in [0.3, 0.4) is 0 Å². The largest absolute Gasteiger partial charge is 0.457 e. The normalized spacial score (nSPS) is 16.7. The summed E-state index contributed by atoms with van der Waals surface area (Å²) in [5.74, 6) is 4.26. The number of para-hydroxylation sites is 2. The molecule has 4 heteroatoms. The molecule has 1 aliphatic heterocycles. The van der Waals surface area contributed by atoms with Crippen LogP contribution < -0.4 is 4.74 Å². The number of aromatic nitrogens is 3. The van der Waals surface area contributed by atoms with Crippen molar-refractivity contribution in [2.24, 2.45) is 5.92 Å². The highest BCUT2D eigenvalue weighted by Crippen LogP contribution is 2.65. The Morgan fingerprint density at radius 1 is 0.375 bits per heavy atom. The first kappa shape index (κ1) is 32.3. The summed E-state index contributed by atoms with van der Waals surface area (Å²) in [4.78, 5) is 14.7. The fraction of sp³-hybridized carbons (Fsp3) is 0.0577. The molecule has 1 spiro atoms. The van der Waals surface area contributed by atoms with Crippen molar-refractivity contribution in [3.05, 3.63) is 222 Å². The molecular formula is C52H35N3O. The number of nitrogens with zero attached hydrogens (tertiary/aromatic N) is 3. The van der Waals surface area contributed by atoms with Crippen molar-refractivity contribution in [2.75, 3.05) is 0 Å². The van der Waals surface area contributed by atoms with Crippen molar-refractivity contribution in [3.8, 4) is 67.9 Å². The lowest BCUT2D eigenvalue weighted by atomic mass is 9.62. The van der Waals surface area contributed by atoms with Crippen LogP contribution in [0.5, 0.6) is 11.5 Å². The third-order valence-corrected chi connectivity index (χ3v) is 11.7. The van der Waals surface area contributed by atoms with Crippen LogP contribution in [-0.4, -0.2) is 15.0 Å². The van der Waals surface area contributed by atoms with E-state index >= 15 is 0 Å². The second-order valence-corrected chi connectivity index (χ2v) is 14.7.